The van der Waals surface area contributed by atoms with Gasteiger partial charge in [-0.15, -0.1) is 0 Å². The van der Waals surface area contributed by atoms with Gasteiger partial charge in [-0.25, -0.2) is 5.43 Å². The second-order valence-electron chi connectivity index (χ2n) is 5.96. The number of ketones is 2. The molecule has 1 amide bonds. The Morgan fingerprint density at radius 1 is 1.00 bits per heavy atom. The maximum absolute atomic E-state index is 12.8. The molecule has 0 fully saturated rings. The van der Waals surface area contributed by atoms with Crippen molar-refractivity contribution in [3.63, 3.8) is 0 Å². The van der Waals surface area contributed by atoms with Crippen molar-refractivity contribution in [2.24, 2.45) is 5.10 Å². The highest BCUT2D eigenvalue weighted by Gasteiger charge is 2.35. The molecule has 0 atom stereocenters. The largest absolute Gasteiger partial charge is 0.507 e. The number of nitrogens with zero attached hydrogens (tertiary/aromatic N) is 1. The van der Waals surface area contributed by atoms with Gasteiger partial charge in [-0.2, -0.15) is 5.10 Å². The zero-order chi connectivity index (χ0) is 19.8. The molecule has 8 nitrogen and oxygen atoms in total. The van der Waals surface area contributed by atoms with Crippen LogP contribution >= 0.6 is 0 Å². The Kier molecular flexibility index (Phi) is 4.00. The van der Waals surface area contributed by atoms with Crippen LogP contribution < -0.4 is 5.43 Å². The summed E-state index contributed by atoms with van der Waals surface area (Å²) in [6.45, 7) is 0. The predicted octanol–water partition coefficient (Wildman–Crippen LogP) is 2.23. The molecule has 0 saturated heterocycles. The fraction of sp³-hybridized carbons (Fsp3) is 0. The van der Waals surface area contributed by atoms with Crippen molar-refractivity contribution in [2.75, 3.05) is 0 Å². The Morgan fingerprint density at radius 2 is 1.68 bits per heavy atom. The molecule has 1 aliphatic carbocycles. The van der Waals surface area contributed by atoms with Gasteiger partial charge in [-0.3, -0.25) is 14.4 Å². The number of carbonyl (C=O) groups is 3. The maximum Gasteiger partial charge on any atom is 0.307 e. The Morgan fingerprint density at radius 3 is 2.32 bits per heavy atom. The lowest BCUT2D eigenvalue weighted by Crippen LogP contribution is -2.21. The number of fused-ring (bicyclic) bond motifs is 2. The molecule has 0 unspecified atom stereocenters. The second-order valence-corrected chi connectivity index (χ2v) is 5.96. The summed E-state index contributed by atoms with van der Waals surface area (Å²) in [4.78, 5) is 37.2. The molecule has 0 saturated carbocycles. The highest BCUT2D eigenvalue weighted by atomic mass is 16.3. The third-order valence-electron chi connectivity index (χ3n) is 4.29. The quantitative estimate of drug-likeness (QED) is 0.286. The molecule has 3 aromatic rings. The lowest BCUT2D eigenvalue weighted by atomic mass is 9.82. The first-order valence-corrected chi connectivity index (χ1v) is 8.13. The van der Waals surface area contributed by atoms with Crippen LogP contribution in [0.15, 0.2) is 58.2 Å². The van der Waals surface area contributed by atoms with Gasteiger partial charge in [-0.1, -0.05) is 24.3 Å². The summed E-state index contributed by atoms with van der Waals surface area (Å²) in [6, 6.07) is 10.2. The number of phenols is 2. The van der Waals surface area contributed by atoms with Crippen LogP contribution in [0.25, 0.3) is 0 Å². The number of hydrogen-bond acceptors (Lipinski definition) is 7. The first kappa shape index (κ1) is 17.2. The van der Waals surface area contributed by atoms with E-state index in [9.17, 15) is 24.6 Å². The van der Waals surface area contributed by atoms with Crippen molar-refractivity contribution in [3.05, 3.63) is 82.3 Å². The third kappa shape index (κ3) is 2.64. The van der Waals surface area contributed by atoms with Gasteiger partial charge in [0.25, 0.3) is 0 Å². The summed E-state index contributed by atoms with van der Waals surface area (Å²) in [5.74, 6) is -2.73. The number of furan rings is 1. The highest BCUT2D eigenvalue weighted by molar-refractivity contribution is 6.30. The lowest BCUT2D eigenvalue weighted by molar-refractivity contribution is 0.0926. The number of amides is 1. The van der Waals surface area contributed by atoms with Crippen LogP contribution in [-0.4, -0.2) is 33.9 Å². The molecule has 0 aliphatic heterocycles. The van der Waals surface area contributed by atoms with E-state index in [0.717, 1.165) is 12.3 Å². The molecule has 3 N–H and O–H groups in total. The number of aromatic hydroxyl groups is 2. The number of nitrogens with one attached hydrogen (secondary N) is 1. The Balaban J connectivity index is 1.71. The van der Waals surface area contributed by atoms with Gasteiger partial charge in [0.2, 0.25) is 0 Å². The van der Waals surface area contributed by atoms with Crippen molar-refractivity contribution in [2.45, 2.75) is 0 Å². The molecular formula is C20H12N2O6. The van der Waals surface area contributed by atoms with E-state index in [0.29, 0.717) is 0 Å². The van der Waals surface area contributed by atoms with E-state index in [1.54, 1.807) is 12.1 Å². The van der Waals surface area contributed by atoms with E-state index in [2.05, 4.69) is 10.5 Å². The van der Waals surface area contributed by atoms with Crippen molar-refractivity contribution in [1.29, 1.82) is 0 Å². The average Bonchev–Trinajstić information content (AvgIpc) is 3.23. The van der Waals surface area contributed by atoms with E-state index in [4.69, 9.17) is 4.42 Å². The summed E-state index contributed by atoms with van der Waals surface area (Å²) in [5, 5.41) is 24.5. The normalized spacial score (nSPS) is 12.7. The molecule has 1 aromatic heterocycles. The molecule has 138 valence electrons. The number of hydrogen-bond donors (Lipinski definition) is 3. The summed E-state index contributed by atoms with van der Waals surface area (Å²) >= 11 is 0. The van der Waals surface area contributed by atoms with Crippen LogP contribution in [0.2, 0.25) is 0 Å². The molecule has 28 heavy (non-hydrogen) atoms. The van der Waals surface area contributed by atoms with E-state index < -0.39 is 29.0 Å². The molecule has 2 aromatic carbocycles. The minimum atomic E-state index is -0.622. The molecule has 1 heterocycles. The fourth-order valence-electron chi connectivity index (χ4n) is 3.00. The Hall–Kier alpha value is -4.20. The smallest absolute Gasteiger partial charge is 0.307 e. The average molecular weight is 376 g/mol. The molecule has 4 rings (SSSR count). The maximum atomic E-state index is 12.8. The molecule has 0 bridgehead atoms. The topological polar surface area (TPSA) is 129 Å². The third-order valence-corrected chi connectivity index (χ3v) is 4.29. The zero-order valence-electron chi connectivity index (χ0n) is 14.2. The van der Waals surface area contributed by atoms with Gasteiger partial charge < -0.3 is 14.6 Å². The van der Waals surface area contributed by atoms with Gasteiger partial charge >= 0.3 is 5.91 Å². The monoisotopic (exact) mass is 376 g/mol. The van der Waals surface area contributed by atoms with Crippen LogP contribution in [0.1, 0.15) is 48.0 Å². The number of phenolic OH excluding ortho intramolecular Hbond substituents is 2. The number of hydrazone groups is 1. The summed E-state index contributed by atoms with van der Waals surface area (Å²) < 4.78 is 4.92. The first-order chi connectivity index (χ1) is 13.5. The number of rotatable bonds is 3. The second kappa shape index (κ2) is 6.51. The van der Waals surface area contributed by atoms with Gasteiger partial charge in [-0.05, 0) is 18.2 Å². The van der Waals surface area contributed by atoms with E-state index in [1.165, 1.54) is 30.5 Å². The van der Waals surface area contributed by atoms with Crippen LogP contribution in [0.4, 0.5) is 0 Å². The summed E-state index contributed by atoms with van der Waals surface area (Å²) in [7, 11) is 0. The lowest BCUT2D eigenvalue weighted by Gasteiger charge is -2.20. The summed E-state index contributed by atoms with van der Waals surface area (Å²) in [5.41, 5.74) is 1.86. The summed E-state index contributed by atoms with van der Waals surface area (Å²) in [6.07, 6.45) is 2.38. The Bertz CT molecular complexity index is 1160. The molecule has 1 aliphatic rings. The van der Waals surface area contributed by atoms with Crippen LogP contribution in [0, 0.1) is 0 Å². The molecule has 8 heteroatoms. The van der Waals surface area contributed by atoms with Crippen molar-refractivity contribution >= 4 is 23.7 Å². The number of carbonyl (C=O) groups excluding carboxylic acids is 3. The molecule has 0 spiro atoms. The van der Waals surface area contributed by atoms with E-state index in [1.807, 2.05) is 0 Å². The van der Waals surface area contributed by atoms with Crippen molar-refractivity contribution in [1.82, 2.24) is 5.43 Å². The standard InChI is InChI=1S/C20H12N2O6/c23-13-8-10(9-21-22-20(27)14-6-3-7-28-14)17(24)16-15(13)18(25)11-4-1-2-5-12(11)19(16)26/h1-9,23-24H,(H,22,27)/b21-9+. The van der Waals surface area contributed by atoms with E-state index >= 15 is 0 Å². The van der Waals surface area contributed by atoms with Crippen LogP contribution in [0.5, 0.6) is 11.5 Å². The first-order valence-electron chi connectivity index (χ1n) is 8.13. The molecule has 0 radical (unpaired) electrons. The van der Waals surface area contributed by atoms with Crippen LogP contribution in [0.3, 0.4) is 0 Å². The minimum absolute atomic E-state index is 0.0343. The van der Waals surface area contributed by atoms with Gasteiger partial charge in [0.1, 0.15) is 11.5 Å². The fourth-order valence-corrected chi connectivity index (χ4v) is 3.00. The predicted molar refractivity (Wildman–Crippen MR) is 96.8 cm³/mol. The SMILES string of the molecule is O=C(N/N=C/c1cc(O)c2c(c1O)C(=O)c1ccccc1C2=O)c1ccco1. The van der Waals surface area contributed by atoms with Crippen molar-refractivity contribution in [3.8, 4) is 11.5 Å². The van der Waals surface area contributed by atoms with Gasteiger partial charge in [0.05, 0.1) is 23.6 Å². The van der Waals surface area contributed by atoms with E-state index in [-0.39, 0.29) is 33.6 Å². The molecular weight excluding hydrogens is 364 g/mol. The van der Waals surface area contributed by atoms with Crippen molar-refractivity contribution < 1.29 is 29.0 Å². The number of benzene rings is 2. The minimum Gasteiger partial charge on any atom is -0.507 e. The highest BCUT2D eigenvalue weighted by Crippen LogP contribution is 2.39. The zero-order valence-corrected chi connectivity index (χ0v) is 14.2. The Labute approximate surface area is 157 Å². The van der Waals surface area contributed by atoms with Gasteiger partial charge in [0.15, 0.2) is 17.3 Å². The van der Waals surface area contributed by atoms with Crippen LogP contribution in [-0.2, 0) is 0 Å². The van der Waals surface area contributed by atoms with Gasteiger partial charge in [0, 0.05) is 16.7 Å².